The maximum atomic E-state index is 12.0. The number of carbonyl (C=O) groups excluding carboxylic acids is 3. The number of anilines is 1. The second kappa shape index (κ2) is 4.96. The van der Waals surface area contributed by atoms with Gasteiger partial charge in [-0.2, -0.15) is 0 Å². The van der Waals surface area contributed by atoms with Crippen molar-refractivity contribution < 1.29 is 14.4 Å². The molecule has 2 rings (SSSR count). The number of nitrogens with two attached hydrogens (primary N) is 2. The Hall–Kier alpha value is -2.37. The van der Waals surface area contributed by atoms with Crippen LogP contribution >= 0.6 is 0 Å². The number of amides is 3. The summed E-state index contributed by atoms with van der Waals surface area (Å²) in [5, 5.41) is 0. The van der Waals surface area contributed by atoms with E-state index in [1.165, 1.54) is 17.0 Å². The summed E-state index contributed by atoms with van der Waals surface area (Å²) in [4.78, 5) is 36.3. The van der Waals surface area contributed by atoms with Crippen molar-refractivity contribution in [3.8, 4) is 0 Å². The zero-order valence-electron chi connectivity index (χ0n) is 11.4. The summed E-state index contributed by atoms with van der Waals surface area (Å²) >= 11 is 0. The quantitative estimate of drug-likeness (QED) is 0.619. The molecule has 1 saturated heterocycles. The lowest BCUT2D eigenvalue weighted by Crippen LogP contribution is -2.30. The highest BCUT2D eigenvalue weighted by Gasteiger charge is 2.42. The summed E-state index contributed by atoms with van der Waals surface area (Å²) in [5.41, 5.74) is 12.3. The van der Waals surface area contributed by atoms with Gasteiger partial charge in [-0.1, -0.05) is 19.9 Å². The summed E-state index contributed by atoms with van der Waals surface area (Å²) in [6.07, 6.45) is 0. The maximum absolute atomic E-state index is 12.0. The van der Waals surface area contributed by atoms with Crippen LogP contribution in [0.15, 0.2) is 18.2 Å². The van der Waals surface area contributed by atoms with Gasteiger partial charge >= 0.3 is 0 Å². The number of benzene rings is 1. The Labute approximate surface area is 116 Å². The third-order valence-corrected chi connectivity index (χ3v) is 3.82. The Balaban J connectivity index is 2.25. The molecule has 2 atom stereocenters. The summed E-state index contributed by atoms with van der Waals surface area (Å²) in [5.74, 6) is -1.58. The first-order valence-electron chi connectivity index (χ1n) is 6.36. The van der Waals surface area contributed by atoms with Gasteiger partial charge in [0.05, 0.1) is 6.54 Å². The molecular weight excluding hydrogens is 258 g/mol. The molecule has 1 aliphatic rings. The van der Waals surface area contributed by atoms with Crippen LogP contribution in [0.25, 0.3) is 0 Å². The van der Waals surface area contributed by atoms with Gasteiger partial charge in [0.1, 0.15) is 0 Å². The fourth-order valence-electron chi connectivity index (χ4n) is 2.25. The van der Waals surface area contributed by atoms with E-state index < -0.39 is 5.91 Å². The van der Waals surface area contributed by atoms with Gasteiger partial charge in [0.2, 0.25) is 17.7 Å². The molecule has 0 bridgehead atoms. The van der Waals surface area contributed by atoms with Crippen molar-refractivity contribution >= 4 is 23.4 Å². The van der Waals surface area contributed by atoms with Crippen LogP contribution in [0, 0.1) is 11.8 Å². The van der Waals surface area contributed by atoms with Crippen molar-refractivity contribution in [3.05, 3.63) is 29.3 Å². The van der Waals surface area contributed by atoms with Gasteiger partial charge < -0.3 is 11.5 Å². The molecule has 4 N–H and O–H groups in total. The highest BCUT2D eigenvalue weighted by molar-refractivity contribution is 6.04. The smallest absolute Gasteiger partial charge is 0.248 e. The monoisotopic (exact) mass is 275 g/mol. The standard InChI is InChI=1S/C14H17N3O3/c1-7-8(2)14(20)17(13(7)19)6-10-4-3-9(12(16)18)5-11(10)15/h3-5,7-8H,6,15H2,1-2H3,(H2,16,18). The maximum Gasteiger partial charge on any atom is 0.248 e. The van der Waals surface area contributed by atoms with Gasteiger partial charge in [0.15, 0.2) is 0 Å². The van der Waals surface area contributed by atoms with Crippen LogP contribution in [0.4, 0.5) is 5.69 Å². The molecule has 6 heteroatoms. The van der Waals surface area contributed by atoms with Crippen molar-refractivity contribution in [1.29, 1.82) is 0 Å². The predicted octanol–water partition coefficient (Wildman–Crippen LogP) is 0.509. The van der Waals surface area contributed by atoms with E-state index in [1.54, 1.807) is 19.9 Å². The Morgan fingerprint density at radius 2 is 1.75 bits per heavy atom. The highest BCUT2D eigenvalue weighted by atomic mass is 16.2. The largest absolute Gasteiger partial charge is 0.398 e. The van der Waals surface area contributed by atoms with Crippen LogP contribution in [0.1, 0.15) is 29.8 Å². The van der Waals surface area contributed by atoms with Gasteiger partial charge in [-0.05, 0) is 17.7 Å². The molecule has 0 saturated carbocycles. The number of imide groups is 1. The molecule has 1 fully saturated rings. The minimum absolute atomic E-state index is 0.122. The Bertz CT molecular complexity index is 577. The molecule has 6 nitrogen and oxygen atoms in total. The average molecular weight is 275 g/mol. The van der Waals surface area contributed by atoms with Crippen LogP contribution in [0.3, 0.4) is 0 Å². The summed E-state index contributed by atoms with van der Waals surface area (Å²) in [6.45, 7) is 3.60. The lowest BCUT2D eigenvalue weighted by atomic mass is 10.00. The second-order valence-electron chi connectivity index (χ2n) is 5.12. The lowest BCUT2D eigenvalue weighted by Gasteiger charge is -2.16. The molecular formula is C14H17N3O3. The van der Waals surface area contributed by atoms with E-state index in [9.17, 15) is 14.4 Å². The molecule has 0 aliphatic carbocycles. The molecule has 1 aromatic carbocycles. The normalized spacial score (nSPS) is 22.4. The van der Waals surface area contributed by atoms with E-state index in [2.05, 4.69) is 0 Å². The molecule has 1 aliphatic heterocycles. The molecule has 3 amide bonds. The number of rotatable bonds is 3. The van der Waals surface area contributed by atoms with Gasteiger partial charge in [-0.25, -0.2) is 0 Å². The SMILES string of the molecule is CC1C(=O)N(Cc2ccc(C(N)=O)cc2N)C(=O)C1C. The van der Waals surface area contributed by atoms with Crippen molar-refractivity contribution in [2.24, 2.45) is 17.6 Å². The van der Waals surface area contributed by atoms with Crippen LogP contribution in [0.2, 0.25) is 0 Å². The van der Waals surface area contributed by atoms with Crippen LogP contribution in [-0.2, 0) is 16.1 Å². The average Bonchev–Trinajstić information content (AvgIpc) is 2.58. The van der Waals surface area contributed by atoms with Crippen molar-refractivity contribution in [1.82, 2.24) is 4.90 Å². The van der Waals surface area contributed by atoms with Gasteiger partial charge in [0, 0.05) is 23.1 Å². The predicted molar refractivity (Wildman–Crippen MR) is 73.3 cm³/mol. The first-order chi connectivity index (χ1) is 9.32. The molecule has 20 heavy (non-hydrogen) atoms. The van der Waals surface area contributed by atoms with E-state index in [0.29, 0.717) is 16.8 Å². The molecule has 1 heterocycles. The van der Waals surface area contributed by atoms with Crippen LogP contribution < -0.4 is 11.5 Å². The molecule has 0 radical (unpaired) electrons. The Morgan fingerprint density at radius 1 is 1.20 bits per heavy atom. The zero-order valence-corrected chi connectivity index (χ0v) is 11.4. The van der Waals surface area contributed by atoms with E-state index in [-0.39, 0.29) is 30.2 Å². The molecule has 0 aromatic heterocycles. The van der Waals surface area contributed by atoms with E-state index >= 15 is 0 Å². The van der Waals surface area contributed by atoms with Crippen LogP contribution in [0.5, 0.6) is 0 Å². The van der Waals surface area contributed by atoms with Crippen molar-refractivity contribution in [3.63, 3.8) is 0 Å². The molecule has 2 unspecified atom stereocenters. The minimum Gasteiger partial charge on any atom is -0.398 e. The number of likely N-dealkylation sites (tertiary alicyclic amines) is 1. The van der Waals surface area contributed by atoms with E-state index in [1.807, 2.05) is 0 Å². The second-order valence-corrected chi connectivity index (χ2v) is 5.12. The highest BCUT2D eigenvalue weighted by Crippen LogP contribution is 2.28. The van der Waals surface area contributed by atoms with Gasteiger partial charge in [0.25, 0.3) is 0 Å². The fourth-order valence-corrected chi connectivity index (χ4v) is 2.25. The van der Waals surface area contributed by atoms with Crippen molar-refractivity contribution in [2.75, 3.05) is 5.73 Å². The Morgan fingerprint density at radius 3 is 2.20 bits per heavy atom. The van der Waals surface area contributed by atoms with E-state index in [0.717, 1.165) is 0 Å². The Kier molecular flexibility index (Phi) is 3.48. The number of nitrogen functional groups attached to an aromatic ring is 1. The number of hydrogen-bond donors (Lipinski definition) is 2. The number of nitrogens with zero attached hydrogens (tertiary/aromatic N) is 1. The zero-order chi connectivity index (χ0) is 15.0. The number of carbonyl (C=O) groups is 3. The van der Waals surface area contributed by atoms with Gasteiger partial charge in [-0.3, -0.25) is 19.3 Å². The summed E-state index contributed by atoms with van der Waals surface area (Å²) in [7, 11) is 0. The molecule has 106 valence electrons. The number of primary amides is 1. The first kappa shape index (κ1) is 14.0. The molecule has 1 aromatic rings. The summed E-state index contributed by atoms with van der Waals surface area (Å²) in [6, 6.07) is 4.60. The molecule has 0 spiro atoms. The van der Waals surface area contributed by atoms with Crippen LogP contribution in [-0.4, -0.2) is 22.6 Å². The van der Waals surface area contributed by atoms with Crippen molar-refractivity contribution in [2.45, 2.75) is 20.4 Å². The number of hydrogen-bond acceptors (Lipinski definition) is 4. The first-order valence-corrected chi connectivity index (χ1v) is 6.36. The van der Waals surface area contributed by atoms with E-state index in [4.69, 9.17) is 11.5 Å². The lowest BCUT2D eigenvalue weighted by molar-refractivity contribution is -0.140. The third kappa shape index (κ3) is 2.24. The third-order valence-electron chi connectivity index (χ3n) is 3.82. The fraction of sp³-hybridized carbons (Fsp3) is 0.357. The van der Waals surface area contributed by atoms with Gasteiger partial charge in [-0.15, -0.1) is 0 Å². The summed E-state index contributed by atoms with van der Waals surface area (Å²) < 4.78 is 0. The minimum atomic E-state index is -0.571. The topological polar surface area (TPSA) is 106 Å².